The second-order valence-corrected chi connectivity index (χ2v) is 6.08. The fourth-order valence-electron chi connectivity index (χ4n) is 1.89. The predicted octanol–water partition coefficient (Wildman–Crippen LogP) is 4.08. The minimum atomic E-state index is 0.0990. The normalized spacial score (nSPS) is 11.9. The van der Waals surface area contributed by atoms with Gasteiger partial charge >= 0.3 is 0 Å². The Morgan fingerprint density at radius 3 is 2.53 bits per heavy atom. The van der Waals surface area contributed by atoms with Crippen LogP contribution in [0.1, 0.15) is 29.2 Å². The van der Waals surface area contributed by atoms with Gasteiger partial charge < -0.3 is 4.57 Å². The fourth-order valence-corrected chi connectivity index (χ4v) is 3.27. The first-order valence-electron chi connectivity index (χ1n) is 6.04. The highest BCUT2D eigenvalue weighted by Crippen LogP contribution is 2.18. The van der Waals surface area contributed by atoms with Crippen molar-refractivity contribution in [3.05, 3.63) is 44.1 Å². The summed E-state index contributed by atoms with van der Waals surface area (Å²) in [4.78, 5) is 17.9. The van der Waals surface area contributed by atoms with Crippen molar-refractivity contribution in [1.29, 1.82) is 0 Å². The molecule has 0 saturated carbocycles. The molecule has 0 fully saturated rings. The molecule has 0 spiro atoms. The minimum Gasteiger partial charge on any atom is -0.321 e. The van der Waals surface area contributed by atoms with Crippen LogP contribution in [-0.4, -0.2) is 10.4 Å². The first kappa shape index (κ1) is 14.2. The highest BCUT2D eigenvalue weighted by Gasteiger charge is 2.12. The van der Waals surface area contributed by atoms with Crippen LogP contribution in [-0.2, 0) is 6.54 Å². The second-order valence-electron chi connectivity index (χ2n) is 4.19. The maximum atomic E-state index is 11.6. The molecule has 1 aromatic heterocycles. The summed E-state index contributed by atoms with van der Waals surface area (Å²) < 4.78 is 3.10. The summed E-state index contributed by atoms with van der Waals surface area (Å²) >= 11 is 4.86. The molecule has 5 heteroatoms. The largest absolute Gasteiger partial charge is 0.321 e. The average Bonchev–Trinajstić information content (AvgIpc) is 2.68. The lowest BCUT2D eigenvalue weighted by molar-refractivity contribution is 0.102. The van der Waals surface area contributed by atoms with Gasteiger partial charge in [0, 0.05) is 23.6 Å². The van der Waals surface area contributed by atoms with Crippen molar-refractivity contribution < 1.29 is 4.79 Å². The summed E-state index contributed by atoms with van der Waals surface area (Å²) in [6.07, 6.45) is 0. The third-order valence-electron chi connectivity index (χ3n) is 2.85. The molecule has 100 valence electrons. The smallest absolute Gasteiger partial charge is 0.190 e. The van der Waals surface area contributed by atoms with Crippen LogP contribution in [0.25, 0.3) is 0 Å². The molecule has 2 aromatic rings. The summed E-state index contributed by atoms with van der Waals surface area (Å²) in [6, 6.07) is 7.82. The number of hydrogen-bond acceptors (Lipinski definition) is 3. The van der Waals surface area contributed by atoms with Gasteiger partial charge in [-0.05, 0) is 38.1 Å². The maximum absolute atomic E-state index is 11.6. The summed E-state index contributed by atoms with van der Waals surface area (Å²) in [5, 5.41) is 0. The van der Waals surface area contributed by atoms with Gasteiger partial charge in [-0.3, -0.25) is 4.79 Å². The molecule has 0 amide bonds. The van der Waals surface area contributed by atoms with Crippen molar-refractivity contribution in [1.82, 2.24) is 4.57 Å². The van der Waals surface area contributed by atoms with E-state index in [1.54, 1.807) is 6.92 Å². The number of nitrogens with zero attached hydrogens (tertiary/aromatic N) is 2. The lowest BCUT2D eigenvalue weighted by Gasteiger charge is -2.01. The molecule has 1 heterocycles. The Bertz CT molecular complexity index is 668. The highest BCUT2D eigenvalue weighted by molar-refractivity contribution is 9.10. The van der Waals surface area contributed by atoms with Crippen molar-refractivity contribution in [3.63, 3.8) is 0 Å². The standard InChI is InChI=1S/C14H15BrN2OS/c1-4-17-9(2)13(10(3)18)19-14(17)16-12-7-5-11(15)6-8-12/h5-8H,4H2,1-3H3/b16-14-. The van der Waals surface area contributed by atoms with E-state index in [1.165, 1.54) is 11.3 Å². The van der Waals surface area contributed by atoms with Gasteiger partial charge in [0.1, 0.15) is 0 Å². The number of aromatic nitrogens is 1. The third-order valence-corrected chi connectivity index (χ3v) is 4.65. The number of thiazole rings is 1. The number of Topliss-reactive ketones (excluding diaryl/α,β-unsaturated/α-hetero) is 1. The van der Waals surface area contributed by atoms with Crippen LogP contribution in [0, 0.1) is 6.92 Å². The zero-order valence-electron chi connectivity index (χ0n) is 11.1. The third kappa shape index (κ3) is 3.04. The molecule has 0 aliphatic carbocycles. The number of rotatable bonds is 3. The number of halogens is 1. The van der Waals surface area contributed by atoms with Gasteiger partial charge in [0.2, 0.25) is 0 Å². The SMILES string of the molecule is CCn1c(C)c(C(C)=O)s/c1=N\c1ccc(Br)cc1. The molecule has 0 radical (unpaired) electrons. The predicted molar refractivity (Wildman–Crippen MR) is 82.1 cm³/mol. The first-order chi connectivity index (χ1) is 9.02. The van der Waals surface area contributed by atoms with Crippen LogP contribution in [0.4, 0.5) is 5.69 Å². The Hall–Kier alpha value is -1.20. The molecule has 2 rings (SSSR count). The molecule has 0 aliphatic heterocycles. The number of benzene rings is 1. The van der Waals surface area contributed by atoms with Crippen molar-refractivity contribution in [2.24, 2.45) is 4.99 Å². The van der Waals surface area contributed by atoms with Crippen LogP contribution in [0.5, 0.6) is 0 Å². The van der Waals surface area contributed by atoms with Crippen LogP contribution in [0.15, 0.2) is 33.7 Å². The molecular weight excluding hydrogens is 324 g/mol. The zero-order chi connectivity index (χ0) is 14.0. The minimum absolute atomic E-state index is 0.0990. The van der Waals surface area contributed by atoms with Crippen molar-refractivity contribution >= 4 is 38.7 Å². The molecule has 1 aromatic carbocycles. The zero-order valence-corrected chi connectivity index (χ0v) is 13.5. The topological polar surface area (TPSA) is 34.4 Å². The van der Waals surface area contributed by atoms with E-state index in [0.717, 1.165) is 32.1 Å². The van der Waals surface area contributed by atoms with Gasteiger partial charge in [-0.2, -0.15) is 0 Å². The molecule has 0 N–H and O–H groups in total. The molecule has 3 nitrogen and oxygen atoms in total. The monoisotopic (exact) mass is 338 g/mol. The molecule has 0 atom stereocenters. The lowest BCUT2D eigenvalue weighted by Crippen LogP contribution is -2.14. The number of ketones is 1. The van der Waals surface area contributed by atoms with E-state index < -0.39 is 0 Å². The Balaban J connectivity index is 2.58. The molecular formula is C14H15BrN2OS. The molecule has 0 saturated heterocycles. The first-order valence-corrected chi connectivity index (χ1v) is 7.65. The lowest BCUT2D eigenvalue weighted by atomic mass is 10.3. The van der Waals surface area contributed by atoms with Crippen molar-refractivity contribution in [2.45, 2.75) is 27.3 Å². The van der Waals surface area contributed by atoms with Crippen molar-refractivity contribution in [3.8, 4) is 0 Å². The second kappa shape index (κ2) is 5.84. The van der Waals surface area contributed by atoms with Crippen LogP contribution in [0.3, 0.4) is 0 Å². The summed E-state index contributed by atoms with van der Waals surface area (Å²) in [6.45, 7) is 6.44. The number of carbonyl (C=O) groups excluding carboxylic acids is 1. The Morgan fingerprint density at radius 2 is 2.00 bits per heavy atom. The van der Waals surface area contributed by atoms with E-state index in [9.17, 15) is 4.79 Å². The number of hydrogen-bond donors (Lipinski definition) is 0. The van der Waals surface area contributed by atoms with Gasteiger partial charge in [0.15, 0.2) is 10.6 Å². The van der Waals surface area contributed by atoms with E-state index in [-0.39, 0.29) is 5.78 Å². The van der Waals surface area contributed by atoms with Crippen LogP contribution >= 0.6 is 27.3 Å². The van der Waals surface area contributed by atoms with Gasteiger partial charge in [0.05, 0.1) is 10.6 Å². The Kier molecular flexibility index (Phi) is 4.37. The quantitative estimate of drug-likeness (QED) is 0.776. The van der Waals surface area contributed by atoms with Gasteiger partial charge in [-0.1, -0.05) is 27.3 Å². The Morgan fingerprint density at radius 1 is 1.37 bits per heavy atom. The summed E-state index contributed by atoms with van der Waals surface area (Å²) in [7, 11) is 0. The van der Waals surface area contributed by atoms with Crippen LogP contribution in [0.2, 0.25) is 0 Å². The summed E-state index contributed by atoms with van der Waals surface area (Å²) in [5.41, 5.74) is 1.89. The van der Waals surface area contributed by atoms with E-state index in [2.05, 4.69) is 32.4 Å². The average molecular weight is 339 g/mol. The highest BCUT2D eigenvalue weighted by atomic mass is 79.9. The molecule has 19 heavy (non-hydrogen) atoms. The van der Waals surface area contributed by atoms with E-state index in [1.807, 2.05) is 31.2 Å². The molecule has 0 bridgehead atoms. The summed E-state index contributed by atoms with van der Waals surface area (Å²) in [5.74, 6) is 0.0990. The van der Waals surface area contributed by atoms with E-state index >= 15 is 0 Å². The Labute approximate surface area is 124 Å². The maximum Gasteiger partial charge on any atom is 0.190 e. The molecule has 0 aliphatic rings. The van der Waals surface area contributed by atoms with Gasteiger partial charge in [-0.15, -0.1) is 0 Å². The van der Waals surface area contributed by atoms with E-state index in [4.69, 9.17) is 0 Å². The van der Waals surface area contributed by atoms with E-state index in [0.29, 0.717) is 0 Å². The van der Waals surface area contributed by atoms with Crippen LogP contribution < -0.4 is 4.80 Å². The van der Waals surface area contributed by atoms with Gasteiger partial charge in [0.25, 0.3) is 0 Å². The fraction of sp³-hybridized carbons (Fsp3) is 0.286. The van der Waals surface area contributed by atoms with Gasteiger partial charge in [-0.25, -0.2) is 4.99 Å². The number of carbonyl (C=O) groups is 1. The van der Waals surface area contributed by atoms with Crippen molar-refractivity contribution in [2.75, 3.05) is 0 Å². The molecule has 0 unspecified atom stereocenters.